The Labute approximate surface area is 114 Å². The van der Waals surface area contributed by atoms with Crippen LogP contribution >= 0.6 is 0 Å². The normalized spacial score (nSPS) is 26.8. The van der Waals surface area contributed by atoms with Crippen LogP contribution in [0.2, 0.25) is 0 Å². The summed E-state index contributed by atoms with van der Waals surface area (Å²) in [5.41, 5.74) is 1.65. The summed E-state index contributed by atoms with van der Waals surface area (Å²) in [7, 11) is 1.70. The Morgan fingerprint density at radius 1 is 1.42 bits per heavy atom. The van der Waals surface area contributed by atoms with Crippen LogP contribution in [0.15, 0.2) is 24.3 Å². The van der Waals surface area contributed by atoms with Crippen LogP contribution in [0.5, 0.6) is 0 Å². The third kappa shape index (κ3) is 3.54. The molecule has 0 aromatic heterocycles. The summed E-state index contributed by atoms with van der Waals surface area (Å²) in [6, 6.07) is 8.18. The Hall–Kier alpha value is -0.940. The van der Waals surface area contributed by atoms with E-state index in [1.807, 2.05) is 19.1 Å². The molecule has 1 aliphatic heterocycles. The maximum Gasteiger partial charge on any atom is 0.105 e. The molecule has 2 N–H and O–H groups in total. The first-order chi connectivity index (χ1) is 9.15. The minimum absolute atomic E-state index is 0.103. The molecule has 4 nitrogen and oxygen atoms in total. The van der Waals surface area contributed by atoms with E-state index in [-0.39, 0.29) is 6.10 Å². The van der Waals surface area contributed by atoms with E-state index in [1.165, 1.54) is 11.1 Å². The van der Waals surface area contributed by atoms with Gasteiger partial charge in [0.1, 0.15) is 5.60 Å². The van der Waals surface area contributed by atoms with Gasteiger partial charge in [-0.05, 0) is 18.1 Å². The lowest BCUT2D eigenvalue weighted by atomic mass is 9.96. The molecule has 0 amide bonds. The van der Waals surface area contributed by atoms with E-state index in [4.69, 9.17) is 9.47 Å². The highest BCUT2D eigenvalue weighted by Gasteiger charge is 2.38. The largest absolute Gasteiger partial charge is 0.386 e. The molecule has 1 aromatic rings. The number of nitrogens with one attached hydrogen (secondary N) is 1. The molecule has 1 heterocycles. The van der Waals surface area contributed by atoms with Crippen molar-refractivity contribution < 1.29 is 14.6 Å². The third-order valence-electron chi connectivity index (χ3n) is 3.82. The zero-order valence-electron chi connectivity index (χ0n) is 11.7. The van der Waals surface area contributed by atoms with Crippen molar-refractivity contribution in [3.05, 3.63) is 35.4 Å². The fraction of sp³-hybridized carbons (Fsp3) is 0.600. The van der Waals surface area contributed by atoms with Crippen molar-refractivity contribution >= 4 is 0 Å². The van der Waals surface area contributed by atoms with Crippen LogP contribution in [0.4, 0.5) is 0 Å². The second-order valence-electron chi connectivity index (χ2n) is 5.17. The number of benzene rings is 1. The molecule has 0 bridgehead atoms. The average molecular weight is 265 g/mol. The maximum atomic E-state index is 10.4. The zero-order chi connectivity index (χ0) is 13.7. The lowest BCUT2D eigenvalue weighted by Crippen LogP contribution is -2.45. The van der Waals surface area contributed by atoms with Gasteiger partial charge in [0.15, 0.2) is 0 Å². The summed E-state index contributed by atoms with van der Waals surface area (Å²) >= 11 is 0. The third-order valence-corrected chi connectivity index (χ3v) is 3.82. The van der Waals surface area contributed by atoms with Crippen molar-refractivity contribution in [2.75, 3.05) is 20.3 Å². The minimum atomic E-state index is -0.740. The van der Waals surface area contributed by atoms with Gasteiger partial charge in [-0.2, -0.15) is 0 Å². The Kier molecular flexibility index (Phi) is 4.93. The van der Waals surface area contributed by atoms with Gasteiger partial charge in [-0.3, -0.25) is 0 Å². The van der Waals surface area contributed by atoms with Crippen LogP contribution in [-0.2, 0) is 22.6 Å². The van der Waals surface area contributed by atoms with Crippen molar-refractivity contribution in [3.63, 3.8) is 0 Å². The quantitative estimate of drug-likeness (QED) is 0.817. The fourth-order valence-electron chi connectivity index (χ4n) is 2.44. The van der Waals surface area contributed by atoms with E-state index in [0.29, 0.717) is 26.2 Å². The molecule has 0 aliphatic carbocycles. The summed E-state index contributed by atoms with van der Waals surface area (Å²) in [6.45, 7) is 4.46. The van der Waals surface area contributed by atoms with Crippen LogP contribution < -0.4 is 5.32 Å². The van der Waals surface area contributed by atoms with Crippen molar-refractivity contribution in [1.82, 2.24) is 5.32 Å². The first-order valence-corrected chi connectivity index (χ1v) is 6.76. The maximum absolute atomic E-state index is 10.4. The molecule has 2 atom stereocenters. The first-order valence-electron chi connectivity index (χ1n) is 6.76. The number of methoxy groups -OCH3 is 1. The molecular formula is C15H23NO3. The van der Waals surface area contributed by atoms with E-state index >= 15 is 0 Å². The Balaban J connectivity index is 1.89. The topological polar surface area (TPSA) is 50.7 Å². The molecule has 1 saturated heterocycles. The van der Waals surface area contributed by atoms with Gasteiger partial charge in [-0.15, -0.1) is 0 Å². The van der Waals surface area contributed by atoms with E-state index in [9.17, 15) is 5.11 Å². The minimum Gasteiger partial charge on any atom is -0.386 e. The zero-order valence-corrected chi connectivity index (χ0v) is 11.7. The number of ether oxygens (including phenoxy) is 2. The highest BCUT2D eigenvalue weighted by molar-refractivity contribution is 5.26. The van der Waals surface area contributed by atoms with Crippen molar-refractivity contribution in [1.29, 1.82) is 0 Å². The lowest BCUT2D eigenvalue weighted by molar-refractivity contribution is -0.0263. The summed E-state index contributed by atoms with van der Waals surface area (Å²) in [5, 5.41) is 13.7. The molecule has 19 heavy (non-hydrogen) atoms. The van der Waals surface area contributed by atoms with Crippen molar-refractivity contribution in [3.8, 4) is 0 Å². The lowest BCUT2D eigenvalue weighted by Gasteiger charge is -2.26. The van der Waals surface area contributed by atoms with Crippen LogP contribution in [0.25, 0.3) is 0 Å². The molecule has 0 radical (unpaired) electrons. The van der Waals surface area contributed by atoms with Crippen LogP contribution in [-0.4, -0.2) is 37.1 Å². The number of aliphatic hydroxyl groups is 1. The van der Waals surface area contributed by atoms with Gasteiger partial charge in [0.2, 0.25) is 0 Å². The molecule has 4 heteroatoms. The smallest absolute Gasteiger partial charge is 0.105 e. The Bertz CT molecular complexity index is 410. The SMILES string of the molecule is COCc1ccccc1CNCC1(O)CCOC1C. The molecule has 0 saturated carbocycles. The molecule has 106 valence electrons. The van der Waals surface area contributed by atoms with Crippen molar-refractivity contribution in [2.45, 2.75) is 38.2 Å². The van der Waals surface area contributed by atoms with Gasteiger partial charge in [-0.25, -0.2) is 0 Å². The highest BCUT2D eigenvalue weighted by atomic mass is 16.5. The van der Waals surface area contributed by atoms with Crippen LogP contribution in [0.3, 0.4) is 0 Å². The monoisotopic (exact) mass is 265 g/mol. The number of rotatable bonds is 6. The predicted molar refractivity (Wildman–Crippen MR) is 73.8 cm³/mol. The van der Waals surface area contributed by atoms with E-state index in [0.717, 1.165) is 6.54 Å². The van der Waals surface area contributed by atoms with Gasteiger partial charge in [0.05, 0.1) is 12.7 Å². The standard InChI is InChI=1S/C15H23NO3/c1-12-15(17,7-8-19-12)11-16-9-13-5-3-4-6-14(13)10-18-2/h3-6,12,16-17H,7-11H2,1-2H3. The highest BCUT2D eigenvalue weighted by Crippen LogP contribution is 2.24. The molecule has 1 aromatic carbocycles. The van der Waals surface area contributed by atoms with Gasteiger partial charge < -0.3 is 19.9 Å². The second-order valence-corrected chi connectivity index (χ2v) is 5.17. The summed E-state index contributed by atoms with van der Waals surface area (Å²) in [5.74, 6) is 0. The molecule has 0 spiro atoms. The van der Waals surface area contributed by atoms with Crippen molar-refractivity contribution in [2.24, 2.45) is 0 Å². The van der Waals surface area contributed by atoms with Gasteiger partial charge in [-0.1, -0.05) is 24.3 Å². The molecule has 2 rings (SSSR count). The average Bonchev–Trinajstić information content (AvgIpc) is 2.72. The van der Waals surface area contributed by atoms with Gasteiger partial charge >= 0.3 is 0 Å². The van der Waals surface area contributed by atoms with Crippen LogP contribution in [0.1, 0.15) is 24.5 Å². The molecule has 1 fully saturated rings. The Morgan fingerprint density at radius 3 is 2.79 bits per heavy atom. The van der Waals surface area contributed by atoms with Crippen LogP contribution in [0, 0.1) is 0 Å². The fourth-order valence-corrected chi connectivity index (χ4v) is 2.44. The molecule has 2 unspecified atom stereocenters. The molecule has 1 aliphatic rings. The Morgan fingerprint density at radius 2 is 2.16 bits per heavy atom. The summed E-state index contributed by atoms with van der Waals surface area (Å²) < 4.78 is 10.6. The molecular weight excluding hydrogens is 242 g/mol. The number of hydrogen-bond acceptors (Lipinski definition) is 4. The van der Waals surface area contributed by atoms with Gasteiger partial charge in [0.25, 0.3) is 0 Å². The first kappa shape index (κ1) is 14.5. The predicted octanol–water partition coefficient (Wildman–Crippen LogP) is 1.46. The van der Waals surface area contributed by atoms with E-state index in [2.05, 4.69) is 17.4 Å². The van der Waals surface area contributed by atoms with E-state index < -0.39 is 5.60 Å². The van der Waals surface area contributed by atoms with E-state index in [1.54, 1.807) is 7.11 Å². The summed E-state index contributed by atoms with van der Waals surface area (Å²) in [6.07, 6.45) is 0.593. The number of hydrogen-bond donors (Lipinski definition) is 2. The summed E-state index contributed by atoms with van der Waals surface area (Å²) in [4.78, 5) is 0. The van der Waals surface area contributed by atoms with Gasteiger partial charge in [0, 0.05) is 33.2 Å². The second kappa shape index (κ2) is 6.48.